The van der Waals surface area contributed by atoms with Crippen LogP contribution in [0.3, 0.4) is 0 Å². The quantitative estimate of drug-likeness (QED) is 0.683. The van der Waals surface area contributed by atoms with E-state index >= 15 is 0 Å². The number of carbonyl (C=O) groups excluding carboxylic acids is 1. The van der Waals surface area contributed by atoms with Crippen molar-refractivity contribution in [3.63, 3.8) is 0 Å². The molecule has 2 fully saturated rings. The predicted octanol–water partition coefficient (Wildman–Crippen LogP) is 5.19. The van der Waals surface area contributed by atoms with Crippen LogP contribution in [0.2, 0.25) is 10.0 Å². The molecule has 0 radical (unpaired) electrons. The molecule has 2 aliphatic heterocycles. The Labute approximate surface area is 177 Å². The molecule has 2 aliphatic rings. The second-order valence-corrected chi connectivity index (χ2v) is 8.97. The van der Waals surface area contributed by atoms with Crippen LogP contribution in [0.5, 0.6) is 0 Å². The standard InChI is InChI=1S/C23H26Cl2N2O/c24-20-7-3-18(4-8-20)15-22(28)26-13-1-11-23(17-26)12-2-14-27(23)16-19-5-9-21(25)10-6-19/h3-10H,1-2,11-17H2. The Kier molecular flexibility index (Phi) is 5.96. The molecule has 2 aromatic carbocycles. The van der Waals surface area contributed by atoms with Crippen molar-refractivity contribution in [2.24, 2.45) is 0 Å². The first-order valence-corrected chi connectivity index (χ1v) is 10.8. The maximum absolute atomic E-state index is 13.0. The minimum atomic E-state index is 0.119. The van der Waals surface area contributed by atoms with Gasteiger partial charge in [0.05, 0.1) is 6.42 Å². The molecule has 0 aromatic heterocycles. The summed E-state index contributed by atoms with van der Waals surface area (Å²) in [5.41, 5.74) is 2.43. The molecule has 2 saturated heterocycles. The van der Waals surface area contributed by atoms with Crippen LogP contribution in [0.1, 0.15) is 36.8 Å². The number of benzene rings is 2. The van der Waals surface area contributed by atoms with Crippen molar-refractivity contribution in [3.05, 3.63) is 69.7 Å². The zero-order chi connectivity index (χ0) is 19.6. The first kappa shape index (κ1) is 19.8. The Hall–Kier alpha value is -1.55. The zero-order valence-corrected chi connectivity index (χ0v) is 17.6. The van der Waals surface area contributed by atoms with E-state index in [1.807, 2.05) is 36.4 Å². The second-order valence-electron chi connectivity index (χ2n) is 8.10. The summed E-state index contributed by atoms with van der Waals surface area (Å²) in [4.78, 5) is 17.6. The molecule has 1 unspecified atom stereocenters. The molecule has 0 aliphatic carbocycles. The third kappa shape index (κ3) is 4.37. The van der Waals surface area contributed by atoms with Crippen molar-refractivity contribution in [1.82, 2.24) is 9.80 Å². The molecule has 0 bridgehead atoms. The number of carbonyl (C=O) groups is 1. The third-order valence-electron chi connectivity index (χ3n) is 6.20. The number of hydrogen-bond donors (Lipinski definition) is 0. The minimum absolute atomic E-state index is 0.119. The molecule has 1 amide bonds. The van der Waals surface area contributed by atoms with E-state index in [9.17, 15) is 4.79 Å². The number of halogens is 2. The van der Waals surface area contributed by atoms with Gasteiger partial charge in [0, 0.05) is 35.2 Å². The smallest absolute Gasteiger partial charge is 0.227 e. The highest BCUT2D eigenvalue weighted by molar-refractivity contribution is 6.30. The lowest BCUT2D eigenvalue weighted by molar-refractivity contribution is -0.134. The van der Waals surface area contributed by atoms with Crippen molar-refractivity contribution in [3.8, 4) is 0 Å². The molecular weight excluding hydrogens is 391 g/mol. The van der Waals surface area contributed by atoms with Gasteiger partial charge in [0.25, 0.3) is 0 Å². The summed E-state index contributed by atoms with van der Waals surface area (Å²) in [7, 11) is 0. The number of amides is 1. The lowest BCUT2D eigenvalue weighted by atomic mass is 9.86. The first-order chi connectivity index (χ1) is 13.5. The van der Waals surface area contributed by atoms with Gasteiger partial charge in [-0.05, 0) is 67.6 Å². The van der Waals surface area contributed by atoms with Gasteiger partial charge in [-0.15, -0.1) is 0 Å². The zero-order valence-electron chi connectivity index (χ0n) is 16.0. The molecule has 148 valence electrons. The van der Waals surface area contributed by atoms with Gasteiger partial charge < -0.3 is 4.90 Å². The largest absolute Gasteiger partial charge is 0.341 e. The summed E-state index contributed by atoms with van der Waals surface area (Å²) in [6.45, 7) is 3.73. The van der Waals surface area contributed by atoms with Crippen molar-refractivity contribution < 1.29 is 4.79 Å². The van der Waals surface area contributed by atoms with Gasteiger partial charge in [-0.1, -0.05) is 47.5 Å². The summed E-state index contributed by atoms with van der Waals surface area (Å²) in [5.74, 6) is 0.222. The summed E-state index contributed by atoms with van der Waals surface area (Å²) >= 11 is 12.0. The van der Waals surface area contributed by atoms with Gasteiger partial charge in [0.1, 0.15) is 0 Å². The highest BCUT2D eigenvalue weighted by atomic mass is 35.5. The van der Waals surface area contributed by atoms with Gasteiger partial charge in [-0.25, -0.2) is 0 Å². The summed E-state index contributed by atoms with van der Waals surface area (Å²) in [5, 5.41) is 1.48. The number of rotatable bonds is 4. The van der Waals surface area contributed by atoms with E-state index < -0.39 is 0 Å². The molecule has 2 heterocycles. The summed E-state index contributed by atoms with van der Waals surface area (Å²) in [6, 6.07) is 15.7. The predicted molar refractivity (Wildman–Crippen MR) is 115 cm³/mol. The lowest BCUT2D eigenvalue weighted by Gasteiger charge is -2.46. The molecule has 1 atom stereocenters. The topological polar surface area (TPSA) is 23.6 Å². The maximum Gasteiger partial charge on any atom is 0.227 e. The average Bonchev–Trinajstić information content (AvgIpc) is 3.06. The summed E-state index contributed by atoms with van der Waals surface area (Å²) < 4.78 is 0. The monoisotopic (exact) mass is 416 g/mol. The lowest BCUT2D eigenvalue weighted by Crippen LogP contribution is -2.56. The van der Waals surface area contributed by atoms with Crippen LogP contribution < -0.4 is 0 Å². The van der Waals surface area contributed by atoms with E-state index in [4.69, 9.17) is 23.2 Å². The SMILES string of the molecule is O=C(Cc1ccc(Cl)cc1)N1CCCC2(CCCN2Cc2ccc(Cl)cc2)C1. The molecule has 4 rings (SSSR count). The number of hydrogen-bond acceptors (Lipinski definition) is 2. The molecule has 28 heavy (non-hydrogen) atoms. The highest BCUT2D eigenvalue weighted by Crippen LogP contribution is 2.38. The van der Waals surface area contributed by atoms with Crippen LogP contribution in [0.25, 0.3) is 0 Å². The van der Waals surface area contributed by atoms with Gasteiger partial charge in [0.2, 0.25) is 5.91 Å². The van der Waals surface area contributed by atoms with Crippen molar-refractivity contribution >= 4 is 29.1 Å². The van der Waals surface area contributed by atoms with Crippen LogP contribution >= 0.6 is 23.2 Å². The first-order valence-electron chi connectivity index (χ1n) is 10.1. The van der Waals surface area contributed by atoms with Crippen LogP contribution in [-0.4, -0.2) is 40.9 Å². The molecule has 0 saturated carbocycles. The minimum Gasteiger partial charge on any atom is -0.341 e. The Morgan fingerprint density at radius 2 is 1.43 bits per heavy atom. The van der Waals surface area contributed by atoms with E-state index in [1.54, 1.807) is 0 Å². The van der Waals surface area contributed by atoms with Crippen LogP contribution in [-0.2, 0) is 17.8 Å². The van der Waals surface area contributed by atoms with Gasteiger partial charge in [0.15, 0.2) is 0 Å². The van der Waals surface area contributed by atoms with Crippen molar-refractivity contribution in [2.45, 2.75) is 44.2 Å². The number of piperidine rings is 1. The molecule has 1 spiro atoms. The fourth-order valence-corrected chi connectivity index (χ4v) is 4.98. The Morgan fingerprint density at radius 1 is 0.857 bits per heavy atom. The Bertz CT molecular complexity index is 822. The highest BCUT2D eigenvalue weighted by Gasteiger charge is 2.44. The third-order valence-corrected chi connectivity index (χ3v) is 6.71. The van der Waals surface area contributed by atoms with E-state index in [-0.39, 0.29) is 11.4 Å². The van der Waals surface area contributed by atoms with E-state index in [0.717, 1.165) is 43.2 Å². The van der Waals surface area contributed by atoms with E-state index in [1.165, 1.54) is 24.8 Å². The molecular formula is C23H26Cl2N2O. The molecule has 3 nitrogen and oxygen atoms in total. The van der Waals surface area contributed by atoms with Crippen molar-refractivity contribution in [1.29, 1.82) is 0 Å². The summed E-state index contributed by atoms with van der Waals surface area (Å²) in [6.07, 6.45) is 5.07. The molecule has 0 N–H and O–H groups in total. The van der Waals surface area contributed by atoms with Gasteiger partial charge in [-0.2, -0.15) is 0 Å². The molecule has 2 aromatic rings. The maximum atomic E-state index is 13.0. The van der Waals surface area contributed by atoms with E-state index in [2.05, 4.69) is 21.9 Å². The number of likely N-dealkylation sites (tertiary alicyclic amines) is 2. The average molecular weight is 417 g/mol. The van der Waals surface area contributed by atoms with Crippen LogP contribution in [0.15, 0.2) is 48.5 Å². The fourth-order valence-electron chi connectivity index (χ4n) is 4.73. The second kappa shape index (κ2) is 8.44. The van der Waals surface area contributed by atoms with Gasteiger partial charge in [-0.3, -0.25) is 9.69 Å². The normalized spacial score (nSPS) is 22.7. The van der Waals surface area contributed by atoms with E-state index in [0.29, 0.717) is 11.4 Å². The Balaban J connectivity index is 1.44. The fraction of sp³-hybridized carbons (Fsp3) is 0.435. The number of nitrogens with zero attached hydrogens (tertiary/aromatic N) is 2. The van der Waals surface area contributed by atoms with Crippen LogP contribution in [0, 0.1) is 0 Å². The van der Waals surface area contributed by atoms with Crippen molar-refractivity contribution in [2.75, 3.05) is 19.6 Å². The molecule has 5 heteroatoms. The van der Waals surface area contributed by atoms with Gasteiger partial charge >= 0.3 is 0 Å². The Morgan fingerprint density at radius 3 is 2.07 bits per heavy atom. The van der Waals surface area contributed by atoms with Crippen LogP contribution in [0.4, 0.5) is 0 Å².